The van der Waals surface area contributed by atoms with E-state index in [1.165, 1.54) is 32.1 Å². The number of aliphatic hydroxyl groups excluding tert-OH is 1. The lowest BCUT2D eigenvalue weighted by atomic mass is 9.45. The van der Waals surface area contributed by atoms with Crippen LogP contribution in [0.3, 0.4) is 0 Å². The summed E-state index contributed by atoms with van der Waals surface area (Å²) >= 11 is 0. The number of aliphatic hydroxyl groups is 1. The Morgan fingerprint density at radius 2 is 1.50 bits per heavy atom. The van der Waals surface area contributed by atoms with Gasteiger partial charge in [0.25, 0.3) is 0 Å². The van der Waals surface area contributed by atoms with Crippen molar-refractivity contribution < 1.29 is 5.11 Å². The molecule has 4 aliphatic rings. The van der Waals surface area contributed by atoms with Gasteiger partial charge in [-0.25, -0.2) is 0 Å². The van der Waals surface area contributed by atoms with Crippen molar-refractivity contribution in [1.29, 1.82) is 0 Å². The first-order valence-corrected chi connectivity index (χ1v) is 6.33. The summed E-state index contributed by atoms with van der Waals surface area (Å²) in [5, 5.41) is 9.22. The first-order valence-electron chi connectivity index (χ1n) is 6.33. The molecule has 1 nitrogen and oxygen atoms in total. The second-order valence-electron chi connectivity index (χ2n) is 6.28. The maximum atomic E-state index is 9.22. The van der Waals surface area contributed by atoms with Crippen LogP contribution in [0.1, 0.15) is 45.4 Å². The van der Waals surface area contributed by atoms with E-state index in [2.05, 4.69) is 6.92 Å². The van der Waals surface area contributed by atoms with E-state index in [4.69, 9.17) is 0 Å². The van der Waals surface area contributed by atoms with Crippen LogP contribution >= 0.6 is 0 Å². The summed E-state index contributed by atoms with van der Waals surface area (Å²) in [5.41, 5.74) is 0.502. The lowest BCUT2D eigenvalue weighted by Gasteiger charge is -2.60. The van der Waals surface area contributed by atoms with Crippen LogP contribution in [-0.4, -0.2) is 11.7 Å². The molecule has 80 valence electrons. The Balaban J connectivity index is 1.87. The van der Waals surface area contributed by atoms with Gasteiger partial charge in [-0.2, -0.15) is 0 Å². The zero-order chi connectivity index (χ0) is 9.76. The predicted octanol–water partition coefficient (Wildman–Crippen LogP) is 2.83. The van der Waals surface area contributed by atoms with Crippen LogP contribution in [-0.2, 0) is 0 Å². The first-order chi connectivity index (χ1) is 6.72. The SMILES string of the molecule is CC1(CCO)C2CC3CC(C2)CC1C3. The van der Waals surface area contributed by atoms with Gasteiger partial charge in [0.15, 0.2) is 0 Å². The quantitative estimate of drug-likeness (QED) is 0.716. The lowest BCUT2D eigenvalue weighted by molar-refractivity contribution is -0.107. The van der Waals surface area contributed by atoms with Gasteiger partial charge < -0.3 is 5.11 Å². The highest BCUT2D eigenvalue weighted by Gasteiger charge is 2.53. The highest BCUT2D eigenvalue weighted by atomic mass is 16.3. The summed E-state index contributed by atoms with van der Waals surface area (Å²) in [6, 6.07) is 0. The molecule has 4 rings (SSSR count). The Bertz CT molecular complexity index is 205. The maximum absolute atomic E-state index is 9.22. The molecule has 4 bridgehead atoms. The largest absolute Gasteiger partial charge is 0.396 e. The Hall–Kier alpha value is -0.0400. The smallest absolute Gasteiger partial charge is 0.0436 e. The van der Waals surface area contributed by atoms with Crippen LogP contribution in [0.4, 0.5) is 0 Å². The fourth-order valence-electron chi connectivity index (χ4n) is 4.91. The summed E-state index contributed by atoms with van der Waals surface area (Å²) in [7, 11) is 0. The first kappa shape index (κ1) is 9.21. The molecule has 0 radical (unpaired) electrons. The van der Waals surface area contributed by atoms with Gasteiger partial charge >= 0.3 is 0 Å². The van der Waals surface area contributed by atoms with E-state index in [1.807, 2.05) is 0 Å². The van der Waals surface area contributed by atoms with E-state index in [0.717, 1.165) is 30.1 Å². The fraction of sp³-hybridized carbons (Fsp3) is 1.00. The second kappa shape index (κ2) is 2.98. The molecule has 4 saturated carbocycles. The summed E-state index contributed by atoms with van der Waals surface area (Å²) in [6.07, 6.45) is 8.49. The topological polar surface area (TPSA) is 20.2 Å². The van der Waals surface area contributed by atoms with E-state index in [0.29, 0.717) is 12.0 Å². The highest BCUT2D eigenvalue weighted by Crippen LogP contribution is 2.63. The Morgan fingerprint density at radius 3 is 1.93 bits per heavy atom. The van der Waals surface area contributed by atoms with Crippen molar-refractivity contribution in [2.75, 3.05) is 6.61 Å². The lowest BCUT2D eigenvalue weighted by Crippen LogP contribution is -2.51. The normalized spacial score (nSPS) is 55.3. The molecule has 1 N–H and O–H groups in total. The van der Waals surface area contributed by atoms with Gasteiger partial charge in [0.1, 0.15) is 0 Å². The molecule has 4 fully saturated rings. The molecule has 4 aliphatic carbocycles. The summed E-state index contributed by atoms with van der Waals surface area (Å²) in [6.45, 7) is 2.86. The van der Waals surface area contributed by atoms with Crippen molar-refractivity contribution in [1.82, 2.24) is 0 Å². The van der Waals surface area contributed by atoms with E-state index in [1.54, 1.807) is 0 Å². The van der Waals surface area contributed by atoms with Gasteiger partial charge in [-0.1, -0.05) is 6.92 Å². The molecule has 0 spiro atoms. The molecule has 0 atom stereocenters. The molecule has 14 heavy (non-hydrogen) atoms. The molecule has 0 aromatic rings. The van der Waals surface area contributed by atoms with E-state index in [-0.39, 0.29) is 0 Å². The fourth-order valence-corrected chi connectivity index (χ4v) is 4.91. The van der Waals surface area contributed by atoms with Crippen molar-refractivity contribution in [2.24, 2.45) is 29.1 Å². The van der Waals surface area contributed by atoms with Gasteiger partial charge in [0, 0.05) is 6.61 Å². The molecular formula is C13H22O. The minimum atomic E-state index is 0.402. The minimum absolute atomic E-state index is 0.402. The van der Waals surface area contributed by atoms with Crippen LogP contribution < -0.4 is 0 Å². The molecule has 0 aromatic heterocycles. The van der Waals surface area contributed by atoms with Crippen LogP contribution in [0, 0.1) is 29.1 Å². The van der Waals surface area contributed by atoms with Crippen LogP contribution in [0.25, 0.3) is 0 Å². The molecule has 0 aliphatic heterocycles. The van der Waals surface area contributed by atoms with Gasteiger partial charge in [0.05, 0.1) is 0 Å². The summed E-state index contributed by atoms with van der Waals surface area (Å²) in [5.74, 6) is 4.02. The molecule has 0 heterocycles. The number of hydrogen-bond acceptors (Lipinski definition) is 1. The predicted molar refractivity (Wildman–Crippen MR) is 56.9 cm³/mol. The summed E-state index contributed by atoms with van der Waals surface area (Å²) in [4.78, 5) is 0. The van der Waals surface area contributed by atoms with Crippen LogP contribution in [0.15, 0.2) is 0 Å². The maximum Gasteiger partial charge on any atom is 0.0436 e. The minimum Gasteiger partial charge on any atom is -0.396 e. The molecule has 0 aromatic carbocycles. The van der Waals surface area contributed by atoms with Gasteiger partial charge in [-0.3, -0.25) is 0 Å². The van der Waals surface area contributed by atoms with Crippen molar-refractivity contribution in [3.8, 4) is 0 Å². The molecular weight excluding hydrogens is 172 g/mol. The van der Waals surface area contributed by atoms with E-state index < -0.39 is 0 Å². The van der Waals surface area contributed by atoms with Crippen molar-refractivity contribution >= 4 is 0 Å². The Kier molecular flexibility index (Phi) is 1.96. The van der Waals surface area contributed by atoms with Crippen LogP contribution in [0.5, 0.6) is 0 Å². The standard InChI is InChI=1S/C13H22O/c1-13(2-3-14)11-5-9-4-10(7-11)8-12(13)6-9/h9-12,14H,2-8H2,1H3. The average Bonchev–Trinajstić information content (AvgIpc) is 2.14. The zero-order valence-corrected chi connectivity index (χ0v) is 9.21. The van der Waals surface area contributed by atoms with Crippen molar-refractivity contribution in [3.63, 3.8) is 0 Å². The molecule has 0 saturated heterocycles. The van der Waals surface area contributed by atoms with Crippen molar-refractivity contribution in [3.05, 3.63) is 0 Å². The van der Waals surface area contributed by atoms with E-state index >= 15 is 0 Å². The second-order valence-corrected chi connectivity index (χ2v) is 6.28. The number of rotatable bonds is 2. The van der Waals surface area contributed by atoms with Crippen molar-refractivity contribution in [2.45, 2.75) is 45.4 Å². The van der Waals surface area contributed by atoms with Gasteiger partial charge in [0.2, 0.25) is 0 Å². The van der Waals surface area contributed by atoms with Gasteiger partial charge in [-0.05, 0) is 67.6 Å². The number of hydrogen-bond donors (Lipinski definition) is 1. The molecule has 1 heteroatoms. The molecule has 0 amide bonds. The van der Waals surface area contributed by atoms with Crippen LogP contribution in [0.2, 0.25) is 0 Å². The monoisotopic (exact) mass is 194 g/mol. The third-order valence-electron chi connectivity index (χ3n) is 5.65. The Morgan fingerprint density at radius 1 is 1.00 bits per heavy atom. The highest BCUT2D eigenvalue weighted by molar-refractivity contribution is 5.03. The third kappa shape index (κ3) is 1.11. The van der Waals surface area contributed by atoms with E-state index in [9.17, 15) is 5.11 Å². The third-order valence-corrected chi connectivity index (χ3v) is 5.65. The average molecular weight is 194 g/mol. The molecule has 0 unspecified atom stereocenters. The van der Waals surface area contributed by atoms with Gasteiger partial charge in [-0.15, -0.1) is 0 Å². The zero-order valence-electron chi connectivity index (χ0n) is 9.21. The summed E-state index contributed by atoms with van der Waals surface area (Å²) < 4.78 is 0. The Labute approximate surface area is 86.9 Å².